The predicted octanol–water partition coefficient (Wildman–Crippen LogP) is 2.68. The maximum atomic E-state index is 11.0. The largest absolute Gasteiger partial charge is 0.476 e. The standard InChI is InChI=1S/C18H16ClN5O2/c1-2-26-18-15(12-4-3-5-13(19)7-12)24-14(10-23-18)6-11-8-21-17(16(20)25)22-9-11/h3-5,7-10H,2,6H2,1H3,(H2,20,25). The van der Waals surface area contributed by atoms with Crippen LogP contribution in [0.2, 0.25) is 5.02 Å². The van der Waals surface area contributed by atoms with Crippen LogP contribution in [0.15, 0.2) is 42.9 Å². The number of hydrogen-bond donors (Lipinski definition) is 1. The highest BCUT2D eigenvalue weighted by Crippen LogP contribution is 2.28. The first-order chi connectivity index (χ1) is 12.6. The molecule has 26 heavy (non-hydrogen) atoms. The summed E-state index contributed by atoms with van der Waals surface area (Å²) in [6.45, 7) is 2.36. The van der Waals surface area contributed by atoms with Crippen LogP contribution in [-0.4, -0.2) is 32.4 Å². The Labute approximate surface area is 155 Å². The van der Waals surface area contributed by atoms with E-state index in [1.54, 1.807) is 24.7 Å². The molecule has 0 atom stereocenters. The lowest BCUT2D eigenvalue weighted by molar-refractivity contribution is 0.0990. The van der Waals surface area contributed by atoms with Gasteiger partial charge >= 0.3 is 0 Å². The van der Waals surface area contributed by atoms with Crippen LogP contribution in [0.3, 0.4) is 0 Å². The Morgan fingerprint density at radius 2 is 1.96 bits per heavy atom. The molecule has 1 aromatic carbocycles. The van der Waals surface area contributed by atoms with Gasteiger partial charge in [-0.1, -0.05) is 23.7 Å². The third-order valence-corrected chi connectivity index (χ3v) is 3.71. The highest BCUT2D eigenvalue weighted by atomic mass is 35.5. The lowest BCUT2D eigenvalue weighted by atomic mass is 10.1. The average molecular weight is 370 g/mol. The molecule has 0 unspecified atom stereocenters. The number of benzene rings is 1. The van der Waals surface area contributed by atoms with Gasteiger partial charge in [-0.25, -0.2) is 19.9 Å². The number of halogens is 1. The molecule has 3 rings (SSSR count). The lowest BCUT2D eigenvalue weighted by Gasteiger charge is -2.10. The van der Waals surface area contributed by atoms with Crippen LogP contribution in [0.5, 0.6) is 5.88 Å². The van der Waals surface area contributed by atoms with E-state index >= 15 is 0 Å². The molecule has 2 N–H and O–H groups in total. The van der Waals surface area contributed by atoms with Crippen molar-refractivity contribution in [1.82, 2.24) is 19.9 Å². The SMILES string of the molecule is CCOc1ncc(Cc2cnc(C(N)=O)nc2)nc1-c1cccc(Cl)c1. The van der Waals surface area contributed by atoms with Crippen LogP contribution < -0.4 is 10.5 Å². The van der Waals surface area contributed by atoms with E-state index in [1.165, 1.54) is 0 Å². The number of carbonyl (C=O) groups is 1. The fraction of sp³-hybridized carbons (Fsp3) is 0.167. The molecule has 3 aromatic rings. The minimum Gasteiger partial charge on any atom is -0.476 e. The van der Waals surface area contributed by atoms with E-state index in [2.05, 4.69) is 19.9 Å². The second-order valence-electron chi connectivity index (χ2n) is 5.41. The Bertz CT molecular complexity index is 931. The van der Waals surface area contributed by atoms with E-state index in [-0.39, 0.29) is 5.82 Å². The number of nitrogens with zero attached hydrogens (tertiary/aromatic N) is 4. The van der Waals surface area contributed by atoms with E-state index in [0.29, 0.717) is 35.3 Å². The summed E-state index contributed by atoms with van der Waals surface area (Å²) in [6.07, 6.45) is 5.18. The van der Waals surface area contributed by atoms with Crippen LogP contribution >= 0.6 is 11.6 Å². The molecule has 0 saturated heterocycles. The third kappa shape index (κ3) is 4.12. The molecule has 1 amide bonds. The van der Waals surface area contributed by atoms with Gasteiger partial charge in [-0.05, 0) is 24.6 Å². The molecule has 0 aliphatic rings. The van der Waals surface area contributed by atoms with Gasteiger partial charge in [0.15, 0.2) is 0 Å². The summed E-state index contributed by atoms with van der Waals surface area (Å²) in [5, 5.41) is 0.604. The maximum absolute atomic E-state index is 11.0. The summed E-state index contributed by atoms with van der Waals surface area (Å²) in [7, 11) is 0. The van der Waals surface area contributed by atoms with E-state index in [9.17, 15) is 4.79 Å². The normalized spacial score (nSPS) is 10.5. The first kappa shape index (κ1) is 17.8. The number of rotatable bonds is 6. The van der Waals surface area contributed by atoms with Crippen LogP contribution in [0.1, 0.15) is 28.8 Å². The Morgan fingerprint density at radius 1 is 1.19 bits per heavy atom. The van der Waals surface area contributed by atoms with Crippen LogP contribution in [0.4, 0.5) is 0 Å². The Balaban J connectivity index is 1.93. The minimum absolute atomic E-state index is 0.0221. The van der Waals surface area contributed by atoms with E-state index in [4.69, 9.17) is 22.1 Å². The van der Waals surface area contributed by atoms with Gasteiger partial charge < -0.3 is 10.5 Å². The van der Waals surface area contributed by atoms with Crippen molar-refractivity contribution < 1.29 is 9.53 Å². The molecule has 8 heteroatoms. The molecule has 2 heterocycles. The van der Waals surface area contributed by atoms with Crippen molar-refractivity contribution in [3.63, 3.8) is 0 Å². The maximum Gasteiger partial charge on any atom is 0.286 e. The molecular weight excluding hydrogens is 354 g/mol. The van der Waals surface area contributed by atoms with Crippen molar-refractivity contribution >= 4 is 17.5 Å². The van der Waals surface area contributed by atoms with Gasteiger partial charge in [-0.3, -0.25) is 4.79 Å². The van der Waals surface area contributed by atoms with Crippen molar-refractivity contribution in [3.8, 4) is 17.1 Å². The Morgan fingerprint density at radius 3 is 2.62 bits per heavy atom. The molecule has 0 saturated carbocycles. The van der Waals surface area contributed by atoms with Crippen molar-refractivity contribution in [2.24, 2.45) is 5.73 Å². The highest BCUT2D eigenvalue weighted by molar-refractivity contribution is 6.30. The van der Waals surface area contributed by atoms with Crippen molar-refractivity contribution in [2.45, 2.75) is 13.3 Å². The van der Waals surface area contributed by atoms with Gasteiger partial charge in [0.2, 0.25) is 11.7 Å². The Kier molecular flexibility index (Phi) is 5.38. The molecule has 0 radical (unpaired) electrons. The Hall–Kier alpha value is -3.06. The number of primary amides is 1. The second-order valence-corrected chi connectivity index (χ2v) is 5.85. The van der Waals surface area contributed by atoms with Crippen molar-refractivity contribution in [3.05, 3.63) is 65.0 Å². The predicted molar refractivity (Wildman–Crippen MR) is 97.0 cm³/mol. The molecule has 0 aliphatic heterocycles. The van der Waals surface area contributed by atoms with E-state index < -0.39 is 5.91 Å². The summed E-state index contributed by atoms with van der Waals surface area (Å²) < 4.78 is 5.59. The minimum atomic E-state index is -0.666. The topological polar surface area (TPSA) is 104 Å². The number of amides is 1. The summed E-state index contributed by atoms with van der Waals surface area (Å²) in [4.78, 5) is 28.0. The van der Waals surface area contributed by atoms with Gasteiger partial charge in [0.1, 0.15) is 5.69 Å². The fourth-order valence-electron chi connectivity index (χ4n) is 2.35. The molecule has 0 bridgehead atoms. The van der Waals surface area contributed by atoms with Gasteiger partial charge in [0.05, 0.1) is 18.5 Å². The molecule has 0 fully saturated rings. The number of aromatic nitrogens is 4. The van der Waals surface area contributed by atoms with Crippen LogP contribution in [0.25, 0.3) is 11.3 Å². The molecule has 7 nitrogen and oxygen atoms in total. The molecule has 0 spiro atoms. The van der Waals surface area contributed by atoms with E-state index in [1.807, 2.05) is 25.1 Å². The van der Waals surface area contributed by atoms with Crippen LogP contribution in [-0.2, 0) is 6.42 Å². The monoisotopic (exact) mass is 369 g/mol. The lowest BCUT2D eigenvalue weighted by Crippen LogP contribution is -2.15. The zero-order valence-electron chi connectivity index (χ0n) is 14.0. The highest BCUT2D eigenvalue weighted by Gasteiger charge is 2.13. The summed E-state index contributed by atoms with van der Waals surface area (Å²) in [6, 6.07) is 7.34. The summed E-state index contributed by atoms with van der Waals surface area (Å²) >= 11 is 6.09. The van der Waals surface area contributed by atoms with Gasteiger partial charge in [-0.2, -0.15) is 0 Å². The average Bonchev–Trinajstić information content (AvgIpc) is 2.63. The number of carbonyl (C=O) groups excluding carboxylic acids is 1. The first-order valence-corrected chi connectivity index (χ1v) is 8.30. The molecule has 132 valence electrons. The first-order valence-electron chi connectivity index (χ1n) is 7.92. The number of ether oxygens (including phenoxy) is 1. The van der Waals surface area contributed by atoms with Crippen LogP contribution in [0, 0.1) is 0 Å². The summed E-state index contributed by atoms with van der Waals surface area (Å²) in [5.74, 6) is -0.245. The number of hydrogen-bond acceptors (Lipinski definition) is 6. The smallest absolute Gasteiger partial charge is 0.286 e. The number of nitrogens with two attached hydrogens (primary N) is 1. The third-order valence-electron chi connectivity index (χ3n) is 3.48. The van der Waals surface area contributed by atoms with Crippen molar-refractivity contribution in [1.29, 1.82) is 0 Å². The summed E-state index contributed by atoms with van der Waals surface area (Å²) in [5.41, 5.74) is 8.07. The quantitative estimate of drug-likeness (QED) is 0.716. The second kappa shape index (κ2) is 7.88. The zero-order chi connectivity index (χ0) is 18.5. The van der Waals surface area contributed by atoms with E-state index in [0.717, 1.165) is 11.1 Å². The molecule has 0 aliphatic carbocycles. The van der Waals surface area contributed by atoms with Crippen molar-refractivity contribution in [2.75, 3.05) is 6.61 Å². The van der Waals surface area contributed by atoms with Gasteiger partial charge in [-0.15, -0.1) is 0 Å². The van der Waals surface area contributed by atoms with Gasteiger partial charge in [0.25, 0.3) is 5.91 Å². The fourth-order valence-corrected chi connectivity index (χ4v) is 2.54. The van der Waals surface area contributed by atoms with Gasteiger partial charge in [0, 0.05) is 29.4 Å². The molecular formula is C18H16ClN5O2. The zero-order valence-corrected chi connectivity index (χ0v) is 14.8. The molecule has 2 aromatic heterocycles.